The molecule has 5 nitrogen and oxygen atoms in total. The van der Waals surface area contributed by atoms with Gasteiger partial charge in [0.1, 0.15) is 0 Å². The number of aromatic nitrogens is 2. The van der Waals surface area contributed by atoms with Crippen molar-refractivity contribution in [3.8, 4) is 0 Å². The van der Waals surface area contributed by atoms with E-state index >= 15 is 0 Å². The van der Waals surface area contributed by atoms with E-state index in [0.29, 0.717) is 32.1 Å². The Bertz CT molecular complexity index is 309. The van der Waals surface area contributed by atoms with Gasteiger partial charge in [0.2, 0.25) is 5.78 Å². The molecule has 0 aliphatic carbocycles. The molecule has 0 spiro atoms. The summed E-state index contributed by atoms with van der Waals surface area (Å²) in [7, 11) is 3.41. The normalized spacial score (nSPS) is 10.5. The lowest BCUT2D eigenvalue weighted by Gasteiger charge is -2.03. The number of hydrogen-bond donors (Lipinski definition) is 0. The second-order valence-corrected chi connectivity index (χ2v) is 3.14. The summed E-state index contributed by atoms with van der Waals surface area (Å²) in [6.45, 7) is 1.48. The first-order valence-electron chi connectivity index (χ1n) is 4.83. The lowest BCUT2D eigenvalue weighted by Crippen LogP contribution is -2.11. The van der Waals surface area contributed by atoms with Crippen molar-refractivity contribution in [3.05, 3.63) is 18.2 Å². The van der Waals surface area contributed by atoms with Gasteiger partial charge in [-0.15, -0.1) is 0 Å². The van der Waals surface area contributed by atoms with Crippen LogP contribution in [-0.4, -0.2) is 42.3 Å². The molecule has 84 valence electrons. The highest BCUT2D eigenvalue weighted by Gasteiger charge is 2.09. The highest BCUT2D eigenvalue weighted by molar-refractivity contribution is 5.92. The van der Waals surface area contributed by atoms with Crippen LogP contribution >= 0.6 is 0 Å². The van der Waals surface area contributed by atoms with E-state index in [1.54, 1.807) is 31.1 Å². The Morgan fingerprint density at radius 2 is 2.27 bits per heavy atom. The molecule has 0 N–H and O–H groups in total. The van der Waals surface area contributed by atoms with Gasteiger partial charge in [0.25, 0.3) is 0 Å². The van der Waals surface area contributed by atoms with Gasteiger partial charge < -0.3 is 14.0 Å². The summed E-state index contributed by atoms with van der Waals surface area (Å²) in [6, 6.07) is 0. The second kappa shape index (κ2) is 6.31. The van der Waals surface area contributed by atoms with Crippen molar-refractivity contribution < 1.29 is 14.3 Å². The largest absolute Gasteiger partial charge is 0.382 e. The highest BCUT2D eigenvalue weighted by atomic mass is 16.5. The molecular weight excluding hydrogens is 196 g/mol. The van der Waals surface area contributed by atoms with Gasteiger partial charge in [-0.1, -0.05) is 0 Å². The van der Waals surface area contributed by atoms with Crippen LogP contribution in [0.1, 0.15) is 17.0 Å². The Morgan fingerprint density at radius 1 is 1.47 bits per heavy atom. The topological polar surface area (TPSA) is 53.4 Å². The van der Waals surface area contributed by atoms with E-state index in [-0.39, 0.29) is 5.78 Å². The average molecular weight is 212 g/mol. The predicted octanol–water partition coefficient (Wildman–Crippen LogP) is 0.656. The van der Waals surface area contributed by atoms with Crippen LogP contribution in [0, 0.1) is 0 Å². The Hall–Kier alpha value is -1.20. The lowest BCUT2D eigenvalue weighted by molar-refractivity contribution is 0.0636. The quantitative estimate of drug-likeness (QED) is 0.492. The Balaban J connectivity index is 2.22. The maximum atomic E-state index is 11.6. The number of hydrogen-bond acceptors (Lipinski definition) is 4. The van der Waals surface area contributed by atoms with Gasteiger partial charge >= 0.3 is 0 Å². The van der Waals surface area contributed by atoms with Crippen molar-refractivity contribution >= 4 is 5.78 Å². The molecule has 0 saturated carbocycles. The maximum absolute atomic E-state index is 11.6. The molecule has 15 heavy (non-hydrogen) atoms. The number of carbonyl (C=O) groups is 1. The molecule has 0 radical (unpaired) electrons. The van der Waals surface area contributed by atoms with E-state index in [0.717, 1.165) is 0 Å². The molecule has 0 aromatic carbocycles. The van der Waals surface area contributed by atoms with E-state index in [1.807, 2.05) is 0 Å². The van der Waals surface area contributed by atoms with Gasteiger partial charge in [0, 0.05) is 33.0 Å². The summed E-state index contributed by atoms with van der Waals surface area (Å²) in [4.78, 5) is 15.5. The van der Waals surface area contributed by atoms with Gasteiger partial charge in [-0.05, 0) is 0 Å². The zero-order valence-corrected chi connectivity index (χ0v) is 9.10. The van der Waals surface area contributed by atoms with Crippen molar-refractivity contribution in [2.24, 2.45) is 7.05 Å². The summed E-state index contributed by atoms with van der Waals surface area (Å²) < 4.78 is 11.7. The number of ether oxygens (including phenoxy) is 2. The standard InChI is InChI=1S/C10H16N2O3/c1-12-5-4-11-10(12)9(13)3-6-15-8-7-14-2/h4-5H,3,6-8H2,1-2H3. The van der Waals surface area contributed by atoms with E-state index in [2.05, 4.69) is 4.98 Å². The SMILES string of the molecule is COCCOCCC(=O)c1nccn1C. The highest BCUT2D eigenvalue weighted by Crippen LogP contribution is 1.99. The van der Waals surface area contributed by atoms with Gasteiger partial charge in [-0.25, -0.2) is 4.98 Å². The fraction of sp³-hybridized carbons (Fsp3) is 0.600. The third-order valence-electron chi connectivity index (χ3n) is 1.98. The van der Waals surface area contributed by atoms with Crippen LogP contribution in [0.3, 0.4) is 0 Å². The van der Waals surface area contributed by atoms with Crippen LogP contribution in [-0.2, 0) is 16.5 Å². The first-order valence-corrected chi connectivity index (χ1v) is 4.83. The number of rotatable bonds is 7. The van der Waals surface area contributed by atoms with E-state index in [9.17, 15) is 4.79 Å². The number of ketones is 1. The average Bonchev–Trinajstić information content (AvgIpc) is 2.64. The van der Waals surface area contributed by atoms with E-state index in [1.165, 1.54) is 0 Å². The summed E-state index contributed by atoms with van der Waals surface area (Å²) in [6.07, 6.45) is 3.71. The van der Waals surface area contributed by atoms with Gasteiger partial charge in [0.05, 0.1) is 19.8 Å². The van der Waals surface area contributed by atoms with Crippen molar-refractivity contribution in [1.29, 1.82) is 0 Å². The van der Waals surface area contributed by atoms with Crippen molar-refractivity contribution in [2.75, 3.05) is 26.9 Å². The number of aryl methyl sites for hydroxylation is 1. The van der Waals surface area contributed by atoms with E-state index in [4.69, 9.17) is 9.47 Å². The van der Waals surface area contributed by atoms with Crippen LogP contribution in [0.25, 0.3) is 0 Å². The molecular formula is C10H16N2O3. The van der Waals surface area contributed by atoms with Gasteiger partial charge in [-0.2, -0.15) is 0 Å². The summed E-state index contributed by atoms with van der Waals surface area (Å²) in [5.41, 5.74) is 0. The zero-order valence-electron chi connectivity index (χ0n) is 9.10. The van der Waals surface area contributed by atoms with Crippen LogP contribution in [0.2, 0.25) is 0 Å². The fourth-order valence-electron chi connectivity index (χ4n) is 1.16. The fourth-order valence-corrected chi connectivity index (χ4v) is 1.16. The number of imidazole rings is 1. The van der Waals surface area contributed by atoms with Crippen LogP contribution in [0.4, 0.5) is 0 Å². The summed E-state index contributed by atoms with van der Waals surface area (Å²) in [5.74, 6) is 0.477. The Morgan fingerprint density at radius 3 is 2.87 bits per heavy atom. The van der Waals surface area contributed by atoms with E-state index < -0.39 is 0 Å². The number of nitrogens with zero attached hydrogens (tertiary/aromatic N) is 2. The molecule has 0 fully saturated rings. The third kappa shape index (κ3) is 3.81. The Kier molecular flexibility index (Phi) is 5.00. The van der Waals surface area contributed by atoms with Crippen LogP contribution in [0.5, 0.6) is 0 Å². The smallest absolute Gasteiger partial charge is 0.200 e. The Labute approximate surface area is 89.0 Å². The number of methoxy groups -OCH3 is 1. The molecule has 0 unspecified atom stereocenters. The van der Waals surface area contributed by atoms with Crippen molar-refractivity contribution in [1.82, 2.24) is 9.55 Å². The number of Topliss-reactive ketones (excluding diaryl/α,β-unsaturated/α-hetero) is 1. The molecule has 0 bridgehead atoms. The minimum absolute atomic E-state index is 0.0000770. The molecule has 1 heterocycles. The second-order valence-electron chi connectivity index (χ2n) is 3.14. The summed E-state index contributed by atoms with van der Waals surface area (Å²) >= 11 is 0. The molecule has 0 amide bonds. The van der Waals surface area contributed by atoms with Gasteiger partial charge in [0.15, 0.2) is 5.82 Å². The minimum atomic E-state index is -0.0000770. The van der Waals surface area contributed by atoms with Crippen molar-refractivity contribution in [2.45, 2.75) is 6.42 Å². The van der Waals surface area contributed by atoms with Crippen molar-refractivity contribution in [3.63, 3.8) is 0 Å². The first-order chi connectivity index (χ1) is 7.25. The predicted molar refractivity (Wildman–Crippen MR) is 54.9 cm³/mol. The lowest BCUT2D eigenvalue weighted by atomic mass is 10.3. The molecule has 0 atom stereocenters. The monoisotopic (exact) mass is 212 g/mol. The number of carbonyl (C=O) groups excluding carboxylic acids is 1. The molecule has 1 aromatic heterocycles. The molecule has 1 rings (SSSR count). The minimum Gasteiger partial charge on any atom is -0.382 e. The van der Waals surface area contributed by atoms with Gasteiger partial charge in [-0.3, -0.25) is 4.79 Å². The first kappa shape index (κ1) is 11.9. The molecule has 5 heteroatoms. The zero-order chi connectivity index (χ0) is 11.1. The van der Waals surface area contributed by atoms with Crippen LogP contribution in [0.15, 0.2) is 12.4 Å². The molecule has 1 aromatic rings. The maximum Gasteiger partial charge on any atom is 0.200 e. The summed E-state index contributed by atoms with van der Waals surface area (Å²) in [5, 5.41) is 0. The van der Waals surface area contributed by atoms with Crippen LogP contribution < -0.4 is 0 Å². The molecule has 0 aliphatic heterocycles. The molecule has 0 saturated heterocycles. The third-order valence-corrected chi connectivity index (χ3v) is 1.98. The molecule has 0 aliphatic rings.